The van der Waals surface area contributed by atoms with Crippen molar-refractivity contribution in [1.29, 1.82) is 0 Å². The van der Waals surface area contributed by atoms with Crippen LogP contribution < -0.4 is 0 Å². The van der Waals surface area contributed by atoms with Crippen LogP contribution in [0, 0.1) is 6.92 Å². The number of aromatic nitrogens is 5. The van der Waals surface area contributed by atoms with Crippen LogP contribution in [0.5, 0.6) is 0 Å². The molecule has 0 amide bonds. The Hall–Kier alpha value is -2.31. The Kier molecular flexibility index (Phi) is 3.61. The van der Waals surface area contributed by atoms with E-state index in [0.717, 1.165) is 11.1 Å². The van der Waals surface area contributed by atoms with Crippen molar-refractivity contribution in [2.24, 2.45) is 0 Å². The Balaban J connectivity index is 2.18. The fourth-order valence-corrected chi connectivity index (χ4v) is 1.65. The third-order valence-corrected chi connectivity index (χ3v) is 2.55. The summed E-state index contributed by atoms with van der Waals surface area (Å²) in [6.45, 7) is 2.41. The van der Waals surface area contributed by atoms with Gasteiger partial charge in [0.1, 0.15) is 0 Å². The molecule has 2 heterocycles. The molecule has 2 aromatic rings. The Bertz CT molecular complexity index is 552. The van der Waals surface area contributed by atoms with Crippen LogP contribution in [0.2, 0.25) is 0 Å². The zero-order valence-electron chi connectivity index (χ0n) is 9.94. The SMILES string of the molecule is Cc1cnccc1-c1nnnn1CCCC(=O)O. The molecule has 0 unspecified atom stereocenters. The Morgan fingerprint density at radius 3 is 3.06 bits per heavy atom. The Morgan fingerprint density at radius 1 is 1.50 bits per heavy atom. The summed E-state index contributed by atoms with van der Waals surface area (Å²) in [5, 5.41) is 20.1. The summed E-state index contributed by atoms with van der Waals surface area (Å²) in [6.07, 6.45) is 4.02. The zero-order valence-corrected chi connectivity index (χ0v) is 9.94. The van der Waals surface area contributed by atoms with Crippen LogP contribution in [0.3, 0.4) is 0 Å². The van der Waals surface area contributed by atoms with Crippen molar-refractivity contribution in [3.8, 4) is 11.4 Å². The van der Waals surface area contributed by atoms with E-state index in [1.54, 1.807) is 17.1 Å². The van der Waals surface area contributed by atoms with Gasteiger partial charge in [-0.05, 0) is 35.4 Å². The van der Waals surface area contributed by atoms with E-state index in [1.165, 1.54) is 0 Å². The van der Waals surface area contributed by atoms with E-state index in [2.05, 4.69) is 20.5 Å². The van der Waals surface area contributed by atoms with E-state index in [9.17, 15) is 4.79 Å². The summed E-state index contributed by atoms with van der Waals surface area (Å²) in [5.41, 5.74) is 1.89. The van der Waals surface area contributed by atoms with Crippen LogP contribution in [-0.2, 0) is 11.3 Å². The molecule has 0 aliphatic rings. The first-order valence-electron chi connectivity index (χ1n) is 5.57. The van der Waals surface area contributed by atoms with E-state index in [-0.39, 0.29) is 6.42 Å². The molecular formula is C11H13N5O2. The number of rotatable bonds is 5. The number of aryl methyl sites for hydroxylation is 2. The Labute approximate surface area is 103 Å². The largest absolute Gasteiger partial charge is 0.481 e. The maximum absolute atomic E-state index is 10.5. The summed E-state index contributed by atoms with van der Waals surface area (Å²) < 4.78 is 1.62. The van der Waals surface area contributed by atoms with Gasteiger partial charge in [-0.2, -0.15) is 0 Å². The minimum atomic E-state index is -0.815. The quantitative estimate of drug-likeness (QED) is 0.843. The summed E-state index contributed by atoms with van der Waals surface area (Å²) in [7, 11) is 0. The third-order valence-electron chi connectivity index (χ3n) is 2.55. The molecule has 0 aliphatic carbocycles. The number of pyridine rings is 1. The van der Waals surface area contributed by atoms with E-state index in [4.69, 9.17) is 5.11 Å². The van der Waals surface area contributed by atoms with Crippen LogP contribution in [-0.4, -0.2) is 36.3 Å². The molecule has 0 aromatic carbocycles. The van der Waals surface area contributed by atoms with Gasteiger partial charge in [-0.25, -0.2) is 4.68 Å². The molecule has 0 radical (unpaired) electrons. The second-order valence-corrected chi connectivity index (χ2v) is 3.91. The number of carbonyl (C=O) groups is 1. The zero-order chi connectivity index (χ0) is 13.0. The van der Waals surface area contributed by atoms with Gasteiger partial charge in [0.2, 0.25) is 0 Å². The smallest absolute Gasteiger partial charge is 0.303 e. The van der Waals surface area contributed by atoms with Gasteiger partial charge in [-0.1, -0.05) is 0 Å². The molecule has 18 heavy (non-hydrogen) atoms. The molecule has 0 atom stereocenters. The molecule has 0 bridgehead atoms. The number of aliphatic carboxylic acids is 1. The maximum Gasteiger partial charge on any atom is 0.303 e. The molecule has 0 aliphatic heterocycles. The fourth-order valence-electron chi connectivity index (χ4n) is 1.65. The van der Waals surface area contributed by atoms with Crippen molar-refractivity contribution in [3.05, 3.63) is 24.0 Å². The topological polar surface area (TPSA) is 93.8 Å². The molecule has 7 nitrogen and oxygen atoms in total. The minimum Gasteiger partial charge on any atom is -0.481 e. The van der Waals surface area contributed by atoms with Crippen LogP contribution in [0.15, 0.2) is 18.5 Å². The van der Waals surface area contributed by atoms with Gasteiger partial charge in [0, 0.05) is 30.9 Å². The lowest BCUT2D eigenvalue weighted by Gasteiger charge is -2.05. The fraction of sp³-hybridized carbons (Fsp3) is 0.364. The predicted octanol–water partition coefficient (Wildman–Crippen LogP) is 0.908. The average Bonchev–Trinajstić information content (AvgIpc) is 2.77. The lowest BCUT2D eigenvalue weighted by Crippen LogP contribution is -2.06. The van der Waals surface area contributed by atoms with E-state index in [0.29, 0.717) is 18.8 Å². The summed E-state index contributed by atoms with van der Waals surface area (Å²) >= 11 is 0. The number of hydrogen-bond donors (Lipinski definition) is 1. The minimum absolute atomic E-state index is 0.106. The van der Waals surface area contributed by atoms with Crippen molar-refractivity contribution in [3.63, 3.8) is 0 Å². The van der Waals surface area contributed by atoms with E-state index >= 15 is 0 Å². The molecule has 94 valence electrons. The van der Waals surface area contributed by atoms with Crippen LogP contribution in [0.1, 0.15) is 18.4 Å². The Morgan fingerprint density at radius 2 is 2.33 bits per heavy atom. The van der Waals surface area contributed by atoms with Crippen molar-refractivity contribution in [1.82, 2.24) is 25.2 Å². The number of hydrogen-bond acceptors (Lipinski definition) is 5. The molecule has 0 fully saturated rings. The number of nitrogens with zero attached hydrogens (tertiary/aromatic N) is 5. The van der Waals surface area contributed by atoms with Crippen molar-refractivity contribution < 1.29 is 9.90 Å². The van der Waals surface area contributed by atoms with Gasteiger partial charge in [-0.3, -0.25) is 9.78 Å². The molecule has 7 heteroatoms. The van der Waals surface area contributed by atoms with Gasteiger partial charge in [0.15, 0.2) is 5.82 Å². The van der Waals surface area contributed by atoms with Gasteiger partial charge in [-0.15, -0.1) is 5.10 Å². The molecule has 1 N–H and O–H groups in total. The van der Waals surface area contributed by atoms with Crippen LogP contribution in [0.4, 0.5) is 0 Å². The van der Waals surface area contributed by atoms with E-state index in [1.807, 2.05) is 13.0 Å². The lowest BCUT2D eigenvalue weighted by molar-refractivity contribution is -0.137. The predicted molar refractivity (Wildman–Crippen MR) is 62.7 cm³/mol. The second kappa shape index (κ2) is 5.35. The monoisotopic (exact) mass is 247 g/mol. The molecule has 0 spiro atoms. The van der Waals surface area contributed by atoms with Gasteiger partial charge in [0.05, 0.1) is 0 Å². The molecule has 0 saturated carbocycles. The first-order chi connectivity index (χ1) is 8.68. The van der Waals surface area contributed by atoms with Crippen molar-refractivity contribution in [2.45, 2.75) is 26.3 Å². The van der Waals surface area contributed by atoms with Gasteiger partial charge in [0.25, 0.3) is 0 Å². The van der Waals surface area contributed by atoms with Gasteiger partial charge < -0.3 is 5.11 Å². The lowest BCUT2D eigenvalue weighted by atomic mass is 10.1. The van der Waals surface area contributed by atoms with Crippen molar-refractivity contribution in [2.75, 3.05) is 0 Å². The number of carboxylic acid groups (broad SMARTS) is 1. The van der Waals surface area contributed by atoms with Gasteiger partial charge >= 0.3 is 5.97 Å². The molecular weight excluding hydrogens is 234 g/mol. The second-order valence-electron chi connectivity index (χ2n) is 3.91. The normalized spacial score (nSPS) is 10.5. The van der Waals surface area contributed by atoms with E-state index < -0.39 is 5.97 Å². The first kappa shape index (κ1) is 12.2. The summed E-state index contributed by atoms with van der Waals surface area (Å²) in [4.78, 5) is 14.5. The third kappa shape index (κ3) is 2.68. The van der Waals surface area contributed by atoms with Crippen molar-refractivity contribution >= 4 is 5.97 Å². The highest BCUT2D eigenvalue weighted by molar-refractivity contribution is 5.66. The molecule has 2 rings (SSSR count). The highest BCUT2D eigenvalue weighted by atomic mass is 16.4. The van der Waals surface area contributed by atoms with Crippen LogP contribution in [0.25, 0.3) is 11.4 Å². The average molecular weight is 247 g/mol. The maximum atomic E-state index is 10.5. The summed E-state index contributed by atoms with van der Waals surface area (Å²) in [5.74, 6) is -0.176. The standard InChI is InChI=1S/C11H13N5O2/c1-8-7-12-5-4-9(8)11-13-14-15-16(11)6-2-3-10(17)18/h4-5,7H,2-3,6H2,1H3,(H,17,18). The van der Waals surface area contributed by atoms with Crippen LogP contribution >= 0.6 is 0 Å². The molecule has 0 saturated heterocycles. The highest BCUT2D eigenvalue weighted by Gasteiger charge is 2.11. The first-order valence-corrected chi connectivity index (χ1v) is 5.57. The number of carboxylic acids is 1. The highest BCUT2D eigenvalue weighted by Crippen LogP contribution is 2.19. The number of tetrazole rings is 1. The summed E-state index contributed by atoms with van der Waals surface area (Å²) in [6, 6.07) is 1.84. The molecule has 2 aromatic heterocycles.